The summed E-state index contributed by atoms with van der Waals surface area (Å²) in [6.45, 7) is 5.57. The van der Waals surface area contributed by atoms with E-state index in [4.69, 9.17) is 4.74 Å². The third-order valence-electron chi connectivity index (χ3n) is 4.38. The molecule has 0 aliphatic heterocycles. The van der Waals surface area contributed by atoms with E-state index < -0.39 is 0 Å². The molecule has 6 heteroatoms. The van der Waals surface area contributed by atoms with Crippen LogP contribution in [-0.4, -0.2) is 21.9 Å². The zero-order chi connectivity index (χ0) is 19.6. The first-order chi connectivity index (χ1) is 12.9. The average Bonchev–Trinajstić information content (AvgIpc) is 2.83. The highest BCUT2D eigenvalue weighted by Crippen LogP contribution is 2.17. The van der Waals surface area contributed by atoms with Crippen LogP contribution in [0.1, 0.15) is 16.8 Å². The number of aromatic nitrogens is 2. The first-order valence-corrected chi connectivity index (χ1v) is 8.72. The van der Waals surface area contributed by atoms with Gasteiger partial charge in [-0.05, 0) is 56.2 Å². The molecule has 27 heavy (non-hydrogen) atoms. The molecular weight excluding hydrogens is 342 g/mol. The summed E-state index contributed by atoms with van der Waals surface area (Å²) < 4.78 is 8.82. The second-order valence-electron chi connectivity index (χ2n) is 6.60. The van der Waals surface area contributed by atoms with Gasteiger partial charge in [-0.2, -0.15) is 0 Å². The van der Waals surface area contributed by atoms with Gasteiger partial charge in [-0.3, -0.25) is 14.3 Å². The minimum absolute atomic E-state index is 0.165. The van der Waals surface area contributed by atoms with Gasteiger partial charge in [0.2, 0.25) is 0 Å². The Morgan fingerprint density at radius 3 is 2.30 bits per heavy atom. The van der Waals surface area contributed by atoms with E-state index in [0.29, 0.717) is 11.4 Å². The Labute approximate surface area is 158 Å². The molecule has 3 aromatic rings. The normalized spacial score (nSPS) is 10.7. The molecule has 3 rings (SSSR count). The third kappa shape index (κ3) is 3.95. The SMILES string of the molecule is Cc1cc(C)cc(OCC(=O)Nc2c(C)n(C)n(-c3ccccc3)c2=O)c1. The van der Waals surface area contributed by atoms with Gasteiger partial charge in [-0.25, -0.2) is 4.68 Å². The Morgan fingerprint density at radius 2 is 1.67 bits per heavy atom. The van der Waals surface area contributed by atoms with E-state index in [1.807, 2.05) is 62.4 Å². The van der Waals surface area contributed by atoms with Crippen LogP contribution in [0.4, 0.5) is 5.69 Å². The lowest BCUT2D eigenvalue weighted by molar-refractivity contribution is -0.118. The number of aryl methyl sites for hydroxylation is 2. The van der Waals surface area contributed by atoms with Crippen LogP contribution in [0, 0.1) is 20.8 Å². The van der Waals surface area contributed by atoms with Crippen LogP contribution in [0.2, 0.25) is 0 Å². The number of nitrogens with one attached hydrogen (secondary N) is 1. The standard InChI is InChI=1S/C21H23N3O3/c1-14-10-15(2)12-18(11-14)27-13-19(25)22-20-16(3)23(4)24(21(20)26)17-8-6-5-7-9-17/h5-12H,13H2,1-4H3,(H,22,25). The fraction of sp³-hybridized carbons (Fsp3) is 0.238. The minimum Gasteiger partial charge on any atom is -0.484 e. The summed E-state index contributed by atoms with van der Waals surface area (Å²) in [4.78, 5) is 25.1. The average molecular weight is 365 g/mol. The molecular formula is C21H23N3O3. The summed E-state index contributed by atoms with van der Waals surface area (Å²) in [6, 6.07) is 15.1. The maximum Gasteiger partial charge on any atom is 0.295 e. The lowest BCUT2D eigenvalue weighted by Crippen LogP contribution is -2.25. The summed E-state index contributed by atoms with van der Waals surface area (Å²) in [5.41, 5.74) is 3.52. The van der Waals surface area contributed by atoms with Gasteiger partial charge in [-0.15, -0.1) is 0 Å². The van der Waals surface area contributed by atoms with Crippen molar-refractivity contribution in [1.29, 1.82) is 0 Å². The number of ether oxygens (including phenoxy) is 1. The number of nitrogens with zero attached hydrogens (tertiary/aromatic N) is 2. The molecule has 1 N–H and O–H groups in total. The van der Waals surface area contributed by atoms with Crippen molar-refractivity contribution in [3.8, 4) is 11.4 Å². The fourth-order valence-corrected chi connectivity index (χ4v) is 3.05. The van der Waals surface area contributed by atoms with Gasteiger partial charge >= 0.3 is 0 Å². The quantitative estimate of drug-likeness (QED) is 0.755. The van der Waals surface area contributed by atoms with Gasteiger partial charge in [0.15, 0.2) is 6.61 Å². The molecule has 0 fully saturated rings. The molecule has 6 nitrogen and oxygen atoms in total. The molecule has 0 saturated carbocycles. The van der Waals surface area contributed by atoms with Crippen LogP contribution >= 0.6 is 0 Å². The fourth-order valence-electron chi connectivity index (χ4n) is 3.05. The van der Waals surface area contributed by atoms with E-state index in [1.54, 1.807) is 18.7 Å². The summed E-state index contributed by atoms with van der Waals surface area (Å²) in [5.74, 6) is 0.259. The van der Waals surface area contributed by atoms with E-state index >= 15 is 0 Å². The number of benzene rings is 2. The highest BCUT2D eigenvalue weighted by atomic mass is 16.5. The van der Waals surface area contributed by atoms with Gasteiger partial charge < -0.3 is 10.1 Å². The second kappa shape index (κ2) is 7.53. The predicted molar refractivity (Wildman–Crippen MR) is 106 cm³/mol. The Kier molecular flexibility index (Phi) is 5.16. The molecule has 140 valence electrons. The van der Waals surface area contributed by atoms with Crippen molar-refractivity contribution in [2.45, 2.75) is 20.8 Å². The van der Waals surface area contributed by atoms with E-state index in [1.165, 1.54) is 4.68 Å². The summed E-state index contributed by atoms with van der Waals surface area (Å²) in [6.07, 6.45) is 0. The number of amides is 1. The van der Waals surface area contributed by atoms with Crippen LogP contribution in [0.25, 0.3) is 5.69 Å². The Morgan fingerprint density at radius 1 is 1.04 bits per heavy atom. The number of anilines is 1. The molecule has 0 atom stereocenters. The molecule has 0 radical (unpaired) electrons. The Hall–Kier alpha value is -3.28. The lowest BCUT2D eigenvalue weighted by atomic mass is 10.1. The van der Waals surface area contributed by atoms with Gasteiger partial charge in [0.05, 0.1) is 11.4 Å². The Balaban J connectivity index is 1.77. The van der Waals surface area contributed by atoms with Crippen molar-refractivity contribution in [1.82, 2.24) is 9.36 Å². The van der Waals surface area contributed by atoms with E-state index in [2.05, 4.69) is 5.32 Å². The summed E-state index contributed by atoms with van der Waals surface area (Å²) >= 11 is 0. The largest absolute Gasteiger partial charge is 0.484 e. The number of hydrogen-bond acceptors (Lipinski definition) is 3. The van der Waals surface area contributed by atoms with Crippen molar-refractivity contribution < 1.29 is 9.53 Å². The number of carbonyl (C=O) groups excluding carboxylic acids is 1. The molecule has 0 unspecified atom stereocenters. The third-order valence-corrected chi connectivity index (χ3v) is 4.38. The van der Waals surface area contributed by atoms with Gasteiger partial charge in [0.25, 0.3) is 11.5 Å². The van der Waals surface area contributed by atoms with E-state index in [9.17, 15) is 9.59 Å². The van der Waals surface area contributed by atoms with E-state index in [-0.39, 0.29) is 23.8 Å². The predicted octanol–water partition coefficient (Wildman–Crippen LogP) is 3.12. The summed E-state index contributed by atoms with van der Waals surface area (Å²) in [5, 5.41) is 2.69. The molecule has 0 aliphatic carbocycles. The van der Waals surface area contributed by atoms with Crippen molar-refractivity contribution in [2.24, 2.45) is 7.05 Å². The number of rotatable bonds is 5. The number of hydrogen-bond donors (Lipinski definition) is 1. The molecule has 0 aliphatic rings. The Bertz CT molecular complexity index is 1010. The van der Waals surface area contributed by atoms with Crippen molar-refractivity contribution in [3.63, 3.8) is 0 Å². The summed E-state index contributed by atoms with van der Waals surface area (Å²) in [7, 11) is 1.78. The van der Waals surface area contributed by atoms with Crippen molar-refractivity contribution >= 4 is 11.6 Å². The molecule has 1 heterocycles. The van der Waals surface area contributed by atoms with Crippen molar-refractivity contribution in [3.05, 3.63) is 75.7 Å². The number of carbonyl (C=O) groups is 1. The molecule has 0 spiro atoms. The number of para-hydroxylation sites is 1. The maximum atomic E-state index is 12.8. The van der Waals surface area contributed by atoms with Crippen LogP contribution in [-0.2, 0) is 11.8 Å². The van der Waals surface area contributed by atoms with Crippen LogP contribution in [0.3, 0.4) is 0 Å². The smallest absolute Gasteiger partial charge is 0.295 e. The molecule has 2 aromatic carbocycles. The van der Waals surface area contributed by atoms with Crippen LogP contribution in [0.15, 0.2) is 53.3 Å². The lowest BCUT2D eigenvalue weighted by Gasteiger charge is -2.08. The van der Waals surface area contributed by atoms with Gasteiger partial charge in [0, 0.05) is 7.05 Å². The van der Waals surface area contributed by atoms with Crippen LogP contribution < -0.4 is 15.6 Å². The van der Waals surface area contributed by atoms with Gasteiger partial charge in [-0.1, -0.05) is 24.3 Å². The minimum atomic E-state index is -0.375. The first-order valence-electron chi connectivity index (χ1n) is 8.72. The second-order valence-corrected chi connectivity index (χ2v) is 6.60. The first kappa shape index (κ1) is 18.5. The molecule has 1 amide bonds. The molecule has 0 saturated heterocycles. The van der Waals surface area contributed by atoms with E-state index in [0.717, 1.165) is 16.8 Å². The highest BCUT2D eigenvalue weighted by molar-refractivity contribution is 5.92. The monoisotopic (exact) mass is 365 g/mol. The maximum absolute atomic E-state index is 12.8. The molecule has 1 aromatic heterocycles. The van der Waals surface area contributed by atoms with Crippen molar-refractivity contribution in [2.75, 3.05) is 11.9 Å². The zero-order valence-corrected chi connectivity index (χ0v) is 15.9. The van der Waals surface area contributed by atoms with Gasteiger partial charge in [0.1, 0.15) is 11.4 Å². The highest BCUT2D eigenvalue weighted by Gasteiger charge is 2.18. The zero-order valence-electron chi connectivity index (χ0n) is 15.9. The molecule has 0 bridgehead atoms. The van der Waals surface area contributed by atoms with Crippen LogP contribution in [0.5, 0.6) is 5.75 Å². The topological polar surface area (TPSA) is 65.3 Å².